The average Bonchev–Trinajstić information content (AvgIpc) is 2.11. The van der Waals surface area contributed by atoms with Gasteiger partial charge in [0.05, 0.1) is 12.7 Å². The fraction of sp³-hybridized carbons (Fsp3) is 1.00. The van der Waals surface area contributed by atoms with Gasteiger partial charge in [0.15, 0.2) is 0 Å². The summed E-state index contributed by atoms with van der Waals surface area (Å²) >= 11 is 0. The molecule has 0 bridgehead atoms. The third kappa shape index (κ3) is 12.5. The van der Waals surface area contributed by atoms with Crippen LogP contribution < -0.4 is 0 Å². The standard InChI is InChI=1S/C7H18O8P2/c1-2-7(15-17(11,12)13)5-3-4-6-14-16(8,9)10/h7H,2-6H2,1H3,(H2,8,9,10)(H2,11,12,13). The van der Waals surface area contributed by atoms with Crippen LogP contribution in [0.25, 0.3) is 0 Å². The molecule has 0 aromatic rings. The average molecular weight is 292 g/mol. The highest BCUT2D eigenvalue weighted by Gasteiger charge is 2.20. The quantitative estimate of drug-likeness (QED) is 0.367. The first kappa shape index (κ1) is 17.2. The summed E-state index contributed by atoms with van der Waals surface area (Å²) in [4.78, 5) is 34.0. The van der Waals surface area contributed by atoms with E-state index in [0.29, 0.717) is 25.7 Å². The lowest BCUT2D eigenvalue weighted by Crippen LogP contribution is -2.10. The molecule has 0 aromatic heterocycles. The molecule has 0 radical (unpaired) electrons. The van der Waals surface area contributed by atoms with Crippen LogP contribution in [0.1, 0.15) is 32.6 Å². The molecule has 0 aliphatic rings. The Bertz CT molecular complexity index is 294. The highest BCUT2D eigenvalue weighted by atomic mass is 31.2. The van der Waals surface area contributed by atoms with Gasteiger partial charge in [0.25, 0.3) is 0 Å². The van der Waals surface area contributed by atoms with Crippen molar-refractivity contribution in [1.29, 1.82) is 0 Å². The molecule has 8 nitrogen and oxygen atoms in total. The molecule has 0 aliphatic heterocycles. The maximum atomic E-state index is 10.6. The van der Waals surface area contributed by atoms with Gasteiger partial charge in [0, 0.05) is 0 Å². The Morgan fingerprint density at radius 1 is 1.06 bits per heavy atom. The van der Waals surface area contributed by atoms with Crippen LogP contribution in [0.4, 0.5) is 0 Å². The van der Waals surface area contributed by atoms with E-state index in [0.717, 1.165) is 0 Å². The van der Waals surface area contributed by atoms with Crippen LogP contribution >= 0.6 is 15.6 Å². The predicted octanol–water partition coefficient (Wildman–Crippen LogP) is 1.15. The lowest BCUT2D eigenvalue weighted by atomic mass is 10.1. The summed E-state index contributed by atoms with van der Waals surface area (Å²) in [7, 11) is -8.90. The molecule has 4 N–H and O–H groups in total. The van der Waals surface area contributed by atoms with Crippen molar-refractivity contribution in [1.82, 2.24) is 0 Å². The molecule has 104 valence electrons. The van der Waals surface area contributed by atoms with Gasteiger partial charge < -0.3 is 19.6 Å². The lowest BCUT2D eigenvalue weighted by molar-refractivity contribution is 0.119. The molecule has 0 spiro atoms. The summed E-state index contributed by atoms with van der Waals surface area (Å²) in [6, 6.07) is 0. The van der Waals surface area contributed by atoms with Crippen molar-refractivity contribution in [2.75, 3.05) is 6.61 Å². The molecule has 0 aromatic carbocycles. The van der Waals surface area contributed by atoms with Crippen LogP contribution in [0, 0.1) is 0 Å². The zero-order valence-corrected chi connectivity index (χ0v) is 11.2. The summed E-state index contributed by atoms with van der Waals surface area (Å²) in [5, 5.41) is 0. The number of unbranched alkanes of at least 4 members (excludes halogenated alkanes) is 1. The Morgan fingerprint density at radius 2 is 1.65 bits per heavy atom. The van der Waals surface area contributed by atoms with Gasteiger partial charge in [-0.2, -0.15) is 0 Å². The fourth-order valence-electron chi connectivity index (χ4n) is 1.18. The Labute approximate surface area is 99.4 Å². The van der Waals surface area contributed by atoms with E-state index in [1.54, 1.807) is 6.92 Å². The van der Waals surface area contributed by atoms with Gasteiger partial charge in [-0.15, -0.1) is 0 Å². The van der Waals surface area contributed by atoms with Crippen molar-refractivity contribution in [3.63, 3.8) is 0 Å². The molecule has 0 amide bonds. The van der Waals surface area contributed by atoms with E-state index in [2.05, 4.69) is 9.05 Å². The van der Waals surface area contributed by atoms with Gasteiger partial charge in [0.1, 0.15) is 0 Å². The Morgan fingerprint density at radius 3 is 2.06 bits per heavy atom. The highest BCUT2D eigenvalue weighted by molar-refractivity contribution is 7.46. The van der Waals surface area contributed by atoms with E-state index in [-0.39, 0.29) is 6.61 Å². The van der Waals surface area contributed by atoms with E-state index < -0.39 is 21.7 Å². The first-order valence-electron chi connectivity index (χ1n) is 5.08. The number of hydrogen-bond donors (Lipinski definition) is 4. The van der Waals surface area contributed by atoms with Crippen LogP contribution in [-0.2, 0) is 18.2 Å². The van der Waals surface area contributed by atoms with Crippen molar-refractivity contribution in [2.45, 2.75) is 38.7 Å². The smallest absolute Gasteiger partial charge is 0.303 e. The van der Waals surface area contributed by atoms with Gasteiger partial charge in [-0.1, -0.05) is 6.92 Å². The van der Waals surface area contributed by atoms with E-state index in [4.69, 9.17) is 19.6 Å². The minimum absolute atomic E-state index is 0.101. The van der Waals surface area contributed by atoms with Crippen LogP contribution in [0.15, 0.2) is 0 Å². The number of rotatable bonds is 9. The molecule has 1 atom stereocenters. The van der Waals surface area contributed by atoms with Crippen molar-refractivity contribution in [3.8, 4) is 0 Å². The van der Waals surface area contributed by atoms with E-state index >= 15 is 0 Å². The SMILES string of the molecule is CCC(CCCCOP(=O)(O)O)OP(=O)(O)O. The van der Waals surface area contributed by atoms with Crippen LogP contribution in [0.2, 0.25) is 0 Å². The highest BCUT2D eigenvalue weighted by Crippen LogP contribution is 2.39. The summed E-state index contributed by atoms with van der Waals surface area (Å²) in [5.41, 5.74) is 0. The number of phosphoric ester groups is 2. The Hall–Kier alpha value is 0.220. The molecule has 0 saturated heterocycles. The summed E-state index contributed by atoms with van der Waals surface area (Å²) < 4.78 is 29.6. The summed E-state index contributed by atoms with van der Waals surface area (Å²) in [5.74, 6) is 0. The second-order valence-electron chi connectivity index (χ2n) is 3.45. The molecular weight excluding hydrogens is 274 g/mol. The maximum Gasteiger partial charge on any atom is 0.469 e. The monoisotopic (exact) mass is 292 g/mol. The minimum Gasteiger partial charge on any atom is -0.303 e. The molecule has 0 saturated carbocycles. The molecule has 17 heavy (non-hydrogen) atoms. The van der Waals surface area contributed by atoms with Gasteiger partial charge >= 0.3 is 15.6 Å². The lowest BCUT2D eigenvalue weighted by Gasteiger charge is -2.16. The number of phosphoric acid groups is 2. The third-order valence-electron chi connectivity index (χ3n) is 1.92. The predicted molar refractivity (Wildman–Crippen MR) is 59.1 cm³/mol. The normalized spacial score (nSPS) is 14.9. The van der Waals surface area contributed by atoms with Crippen molar-refractivity contribution in [3.05, 3.63) is 0 Å². The maximum absolute atomic E-state index is 10.6. The minimum atomic E-state index is -4.48. The summed E-state index contributed by atoms with van der Waals surface area (Å²) in [6.45, 7) is 1.63. The third-order valence-corrected chi connectivity index (χ3v) is 3.01. The molecule has 0 rings (SSSR count). The van der Waals surface area contributed by atoms with Crippen molar-refractivity contribution in [2.24, 2.45) is 0 Å². The van der Waals surface area contributed by atoms with Gasteiger partial charge in [0.2, 0.25) is 0 Å². The topological polar surface area (TPSA) is 134 Å². The Kier molecular flexibility index (Phi) is 7.71. The Balaban J connectivity index is 3.71. The van der Waals surface area contributed by atoms with Gasteiger partial charge in [-0.25, -0.2) is 9.13 Å². The largest absolute Gasteiger partial charge is 0.469 e. The molecule has 10 heteroatoms. The zero-order valence-electron chi connectivity index (χ0n) is 9.43. The second kappa shape index (κ2) is 7.61. The van der Waals surface area contributed by atoms with Crippen molar-refractivity contribution < 1.29 is 37.8 Å². The van der Waals surface area contributed by atoms with Gasteiger partial charge in [-0.05, 0) is 25.7 Å². The van der Waals surface area contributed by atoms with E-state index in [9.17, 15) is 9.13 Å². The molecule has 1 unspecified atom stereocenters. The zero-order chi connectivity index (χ0) is 13.5. The van der Waals surface area contributed by atoms with E-state index in [1.807, 2.05) is 0 Å². The molecule has 0 heterocycles. The van der Waals surface area contributed by atoms with E-state index in [1.165, 1.54) is 0 Å². The first-order valence-corrected chi connectivity index (χ1v) is 8.14. The first-order chi connectivity index (χ1) is 7.64. The summed E-state index contributed by atoms with van der Waals surface area (Å²) in [6.07, 6.45) is 1.16. The van der Waals surface area contributed by atoms with Crippen LogP contribution in [0.5, 0.6) is 0 Å². The van der Waals surface area contributed by atoms with Gasteiger partial charge in [-0.3, -0.25) is 9.05 Å². The van der Waals surface area contributed by atoms with Crippen LogP contribution in [0.3, 0.4) is 0 Å². The molecule has 0 fully saturated rings. The number of hydrogen-bond acceptors (Lipinski definition) is 4. The molecule has 0 aliphatic carbocycles. The fourth-order valence-corrected chi connectivity index (χ4v) is 2.19. The second-order valence-corrected chi connectivity index (χ2v) is 5.88. The molecular formula is C7H18O8P2. The van der Waals surface area contributed by atoms with Crippen LogP contribution in [-0.4, -0.2) is 32.3 Å². The van der Waals surface area contributed by atoms with Crippen molar-refractivity contribution >= 4 is 15.6 Å².